The van der Waals surface area contributed by atoms with Crippen LogP contribution in [-0.2, 0) is 14.4 Å². The first kappa shape index (κ1) is 40.1. The molecule has 0 aliphatic rings. The number of nitrogens with zero attached hydrogens (tertiary/aromatic N) is 1. The van der Waals surface area contributed by atoms with Crippen molar-refractivity contribution in [2.75, 3.05) is 26.2 Å². The van der Waals surface area contributed by atoms with Gasteiger partial charge >= 0.3 is 17.9 Å². The first-order valence-electron chi connectivity index (χ1n) is 17.2. The highest BCUT2D eigenvalue weighted by Crippen LogP contribution is 2.22. The third kappa shape index (κ3) is 21.8. The maximum Gasteiger partial charge on any atom is 0.311 e. The van der Waals surface area contributed by atoms with E-state index in [1.54, 1.807) is 20.8 Å². The fourth-order valence-electron chi connectivity index (χ4n) is 6.05. The lowest BCUT2D eigenvalue weighted by Gasteiger charge is -2.42. The zero-order valence-corrected chi connectivity index (χ0v) is 27.7. The number of hydrogen-bond donors (Lipinski definition) is 3. The number of allylic oxidation sites excluding steroid dienone is 2. The molecule has 0 saturated carbocycles. The van der Waals surface area contributed by atoms with Gasteiger partial charge in [0, 0.05) is 0 Å². The number of carboxylic acids is 3. The predicted molar refractivity (Wildman–Crippen MR) is 173 cm³/mol. The molecule has 0 aromatic carbocycles. The van der Waals surface area contributed by atoms with Crippen LogP contribution in [0.3, 0.4) is 0 Å². The maximum atomic E-state index is 11.6. The average Bonchev–Trinajstić information content (AvgIpc) is 2.93. The number of carboxylic acid groups (broad SMARTS) is 3. The van der Waals surface area contributed by atoms with Gasteiger partial charge in [-0.2, -0.15) is 0 Å². The van der Waals surface area contributed by atoms with E-state index in [9.17, 15) is 29.7 Å². The average molecular weight is 597 g/mol. The van der Waals surface area contributed by atoms with Gasteiger partial charge in [-0.25, -0.2) is 0 Å². The fourth-order valence-corrected chi connectivity index (χ4v) is 6.05. The Bertz CT molecular complexity index is 682. The molecule has 7 nitrogen and oxygen atoms in total. The number of carbonyl (C=O) groups is 3. The molecule has 0 fully saturated rings. The second-order valence-electron chi connectivity index (χ2n) is 13.0. The minimum Gasteiger partial charge on any atom is -0.481 e. The molecule has 3 atom stereocenters. The van der Waals surface area contributed by atoms with Crippen molar-refractivity contribution in [2.45, 2.75) is 150 Å². The van der Waals surface area contributed by atoms with Gasteiger partial charge < -0.3 is 19.8 Å². The van der Waals surface area contributed by atoms with Gasteiger partial charge in [-0.05, 0) is 59.3 Å². The monoisotopic (exact) mass is 596 g/mol. The second kappa shape index (κ2) is 25.6. The zero-order valence-electron chi connectivity index (χ0n) is 27.7. The van der Waals surface area contributed by atoms with Crippen LogP contribution in [0.15, 0.2) is 12.2 Å². The molecule has 0 aliphatic heterocycles. The lowest BCUT2D eigenvalue weighted by atomic mass is 10.00. The van der Waals surface area contributed by atoms with Crippen molar-refractivity contribution in [2.24, 2.45) is 17.8 Å². The lowest BCUT2D eigenvalue weighted by molar-refractivity contribution is -0.934. The highest BCUT2D eigenvalue weighted by atomic mass is 16.4. The number of unbranched alkanes of at least 4 members (excludes halogenated alkanes) is 17. The van der Waals surface area contributed by atoms with Crippen molar-refractivity contribution in [3.05, 3.63) is 12.2 Å². The van der Waals surface area contributed by atoms with Crippen LogP contribution in [0.1, 0.15) is 150 Å². The predicted octanol–water partition coefficient (Wildman–Crippen LogP) is 8.95. The smallest absolute Gasteiger partial charge is 0.311 e. The molecular formula is C35H66NO6+. The van der Waals surface area contributed by atoms with Crippen molar-refractivity contribution in [1.29, 1.82) is 0 Å². The van der Waals surface area contributed by atoms with Gasteiger partial charge in [-0.1, -0.05) is 103 Å². The molecule has 7 heteroatoms. The Labute approximate surface area is 257 Å². The van der Waals surface area contributed by atoms with E-state index in [0.717, 1.165) is 19.3 Å². The first-order valence-corrected chi connectivity index (χ1v) is 17.2. The van der Waals surface area contributed by atoms with E-state index in [0.29, 0.717) is 6.54 Å². The van der Waals surface area contributed by atoms with Gasteiger partial charge in [-0.15, -0.1) is 0 Å². The summed E-state index contributed by atoms with van der Waals surface area (Å²) < 4.78 is 0.226. The summed E-state index contributed by atoms with van der Waals surface area (Å²) in [6, 6.07) is 0. The molecule has 0 aromatic heterocycles. The van der Waals surface area contributed by atoms with Gasteiger partial charge in [0.15, 0.2) is 0 Å². The lowest BCUT2D eigenvalue weighted by Crippen LogP contribution is -2.57. The number of hydrogen-bond acceptors (Lipinski definition) is 3. The summed E-state index contributed by atoms with van der Waals surface area (Å²) in [5.41, 5.74) is 0. The number of rotatable bonds is 30. The normalized spacial score (nSPS) is 15.3. The van der Waals surface area contributed by atoms with Gasteiger partial charge in [0.1, 0.15) is 17.8 Å². The Kier molecular flexibility index (Phi) is 24.4. The molecule has 42 heavy (non-hydrogen) atoms. The number of aliphatic carboxylic acids is 3. The van der Waals surface area contributed by atoms with Crippen LogP contribution >= 0.6 is 0 Å². The van der Waals surface area contributed by atoms with Crippen molar-refractivity contribution in [1.82, 2.24) is 0 Å². The van der Waals surface area contributed by atoms with E-state index >= 15 is 0 Å². The van der Waals surface area contributed by atoms with Crippen molar-refractivity contribution < 1.29 is 34.2 Å². The number of quaternary nitrogens is 1. The standard InChI is InChI=1S/C35H65NO6/c1-5-6-7-8-9-10-11-12-13-14-15-16-17-18-19-20-21-22-23-24-25-26-36(27-30(2)33(37)38,28-31(3)34(39)40)29-32(4)35(41)42/h11-12,30-32H,5-10,13-29H2,1-4H3,(H2-,37,38,39,40,41,42)/p+1/b12-11+. The molecule has 0 radical (unpaired) electrons. The van der Waals surface area contributed by atoms with E-state index in [2.05, 4.69) is 19.1 Å². The van der Waals surface area contributed by atoms with Crippen LogP contribution in [0.2, 0.25) is 0 Å². The Hall–Kier alpha value is -1.89. The molecule has 0 heterocycles. The third-order valence-electron chi connectivity index (χ3n) is 8.64. The maximum absolute atomic E-state index is 11.6. The van der Waals surface area contributed by atoms with Gasteiger partial charge in [0.2, 0.25) is 0 Å². The molecule has 0 aromatic rings. The largest absolute Gasteiger partial charge is 0.481 e. The van der Waals surface area contributed by atoms with E-state index in [1.807, 2.05) is 0 Å². The molecule has 0 spiro atoms. The molecule has 0 amide bonds. The molecule has 246 valence electrons. The molecule has 3 N–H and O–H groups in total. The van der Waals surface area contributed by atoms with Gasteiger partial charge in [-0.3, -0.25) is 14.4 Å². The van der Waals surface area contributed by atoms with Crippen LogP contribution in [0.5, 0.6) is 0 Å². The summed E-state index contributed by atoms with van der Waals surface area (Å²) in [7, 11) is 0. The Morgan fingerprint density at radius 2 is 0.786 bits per heavy atom. The SMILES string of the molecule is CCCCCCC/C=C/CCCCCCCCCCCCCC[N+](CC(C)C(=O)O)(CC(C)C(=O)O)CC(C)C(=O)O. The summed E-state index contributed by atoms with van der Waals surface area (Å²) in [5.74, 6) is -4.80. The van der Waals surface area contributed by atoms with Crippen molar-refractivity contribution in [3.63, 3.8) is 0 Å². The van der Waals surface area contributed by atoms with E-state index < -0.39 is 35.7 Å². The Morgan fingerprint density at radius 3 is 1.10 bits per heavy atom. The Morgan fingerprint density at radius 1 is 0.500 bits per heavy atom. The van der Waals surface area contributed by atoms with Crippen molar-refractivity contribution >= 4 is 17.9 Å². The quantitative estimate of drug-likeness (QED) is 0.0433. The molecule has 0 aliphatic carbocycles. The van der Waals surface area contributed by atoms with Crippen LogP contribution in [0.4, 0.5) is 0 Å². The Balaban J connectivity index is 4.19. The van der Waals surface area contributed by atoms with Crippen LogP contribution in [-0.4, -0.2) is 63.9 Å². The summed E-state index contributed by atoms with van der Waals surface area (Å²) in [4.78, 5) is 34.9. The van der Waals surface area contributed by atoms with E-state index in [-0.39, 0.29) is 24.1 Å². The summed E-state index contributed by atoms with van der Waals surface area (Å²) >= 11 is 0. The molecule has 3 unspecified atom stereocenters. The third-order valence-corrected chi connectivity index (χ3v) is 8.64. The molecule has 0 rings (SSSR count). The highest BCUT2D eigenvalue weighted by molar-refractivity contribution is 5.70. The minimum atomic E-state index is -0.931. The summed E-state index contributed by atoms with van der Waals surface area (Å²) in [6.45, 7) is 8.50. The van der Waals surface area contributed by atoms with Crippen molar-refractivity contribution in [3.8, 4) is 0 Å². The van der Waals surface area contributed by atoms with Gasteiger partial charge in [0.05, 0.1) is 26.2 Å². The van der Waals surface area contributed by atoms with E-state index in [4.69, 9.17) is 0 Å². The second-order valence-corrected chi connectivity index (χ2v) is 13.0. The van der Waals surface area contributed by atoms with Gasteiger partial charge in [0.25, 0.3) is 0 Å². The molecular weight excluding hydrogens is 530 g/mol. The summed E-state index contributed by atoms with van der Waals surface area (Å²) in [6.07, 6.45) is 28.6. The summed E-state index contributed by atoms with van der Waals surface area (Å²) in [5, 5.41) is 28.6. The molecule has 0 bridgehead atoms. The zero-order chi connectivity index (χ0) is 31.6. The fraction of sp³-hybridized carbons (Fsp3) is 0.857. The highest BCUT2D eigenvalue weighted by Gasteiger charge is 2.38. The van der Waals surface area contributed by atoms with Crippen LogP contribution < -0.4 is 0 Å². The van der Waals surface area contributed by atoms with Crippen LogP contribution in [0, 0.1) is 17.8 Å². The first-order chi connectivity index (χ1) is 20.0. The van der Waals surface area contributed by atoms with Crippen LogP contribution in [0.25, 0.3) is 0 Å². The minimum absolute atomic E-state index is 0.226. The topological polar surface area (TPSA) is 112 Å². The molecule has 0 saturated heterocycles. The van der Waals surface area contributed by atoms with E-state index in [1.165, 1.54) is 103 Å².